The second-order valence-corrected chi connectivity index (χ2v) is 5.93. The first kappa shape index (κ1) is 17.4. The predicted molar refractivity (Wildman–Crippen MR) is 96.2 cm³/mol. The van der Waals surface area contributed by atoms with Crippen molar-refractivity contribution < 1.29 is 33.7 Å². The molecule has 9 heteroatoms. The number of carbonyl (C=O) groups excluding carboxylic acids is 3. The van der Waals surface area contributed by atoms with Crippen molar-refractivity contribution in [3.63, 3.8) is 0 Å². The number of rotatable bonds is 3. The SMILES string of the molecule is COc1ccc(C=C2C(=O)NC(=O)N(c3ccc4c(c3)OCO4)C2=O)cc1O. The van der Waals surface area contributed by atoms with Crippen LogP contribution in [0.5, 0.6) is 23.0 Å². The lowest BCUT2D eigenvalue weighted by Gasteiger charge is -2.26. The van der Waals surface area contributed by atoms with Crippen molar-refractivity contribution in [2.75, 3.05) is 18.8 Å². The minimum atomic E-state index is -0.872. The minimum absolute atomic E-state index is 0.0452. The Kier molecular flexibility index (Phi) is 4.11. The third-order valence-corrected chi connectivity index (χ3v) is 4.23. The Morgan fingerprint density at radius 1 is 1.11 bits per heavy atom. The van der Waals surface area contributed by atoms with E-state index in [1.54, 1.807) is 12.1 Å². The zero-order valence-corrected chi connectivity index (χ0v) is 14.6. The Morgan fingerprint density at radius 3 is 2.64 bits per heavy atom. The predicted octanol–water partition coefficient (Wildman–Crippen LogP) is 1.80. The number of carbonyl (C=O) groups is 3. The van der Waals surface area contributed by atoms with Gasteiger partial charge in [-0.2, -0.15) is 0 Å². The normalized spacial score (nSPS) is 17.1. The highest BCUT2D eigenvalue weighted by atomic mass is 16.7. The maximum Gasteiger partial charge on any atom is 0.335 e. The van der Waals surface area contributed by atoms with Gasteiger partial charge < -0.3 is 19.3 Å². The highest BCUT2D eigenvalue weighted by Gasteiger charge is 2.37. The molecule has 0 atom stereocenters. The summed E-state index contributed by atoms with van der Waals surface area (Å²) >= 11 is 0. The summed E-state index contributed by atoms with van der Waals surface area (Å²) in [6, 6.07) is 8.09. The van der Waals surface area contributed by atoms with Crippen molar-refractivity contribution in [1.29, 1.82) is 0 Å². The maximum atomic E-state index is 12.9. The van der Waals surface area contributed by atoms with Gasteiger partial charge in [-0.15, -0.1) is 0 Å². The smallest absolute Gasteiger partial charge is 0.335 e. The van der Waals surface area contributed by atoms with Gasteiger partial charge in [-0.25, -0.2) is 9.69 Å². The molecule has 2 aliphatic heterocycles. The number of imide groups is 2. The molecule has 0 bridgehead atoms. The molecule has 2 heterocycles. The number of anilines is 1. The van der Waals surface area contributed by atoms with Crippen LogP contribution in [-0.4, -0.2) is 36.9 Å². The van der Waals surface area contributed by atoms with Crippen LogP contribution >= 0.6 is 0 Å². The number of hydrogen-bond donors (Lipinski definition) is 2. The number of ether oxygens (including phenoxy) is 3. The van der Waals surface area contributed by atoms with Gasteiger partial charge in [-0.05, 0) is 35.9 Å². The summed E-state index contributed by atoms with van der Waals surface area (Å²) in [7, 11) is 1.40. The summed E-state index contributed by atoms with van der Waals surface area (Å²) in [5.74, 6) is -0.650. The molecule has 0 aliphatic carbocycles. The van der Waals surface area contributed by atoms with Crippen LogP contribution in [0.25, 0.3) is 6.08 Å². The van der Waals surface area contributed by atoms with Crippen LogP contribution in [0.2, 0.25) is 0 Å². The number of benzene rings is 2. The summed E-state index contributed by atoms with van der Waals surface area (Å²) in [4.78, 5) is 38.2. The highest BCUT2D eigenvalue weighted by Crippen LogP contribution is 2.36. The van der Waals surface area contributed by atoms with E-state index in [-0.39, 0.29) is 29.6 Å². The number of barbiturate groups is 1. The summed E-state index contributed by atoms with van der Waals surface area (Å²) in [5, 5.41) is 12.0. The molecule has 0 unspecified atom stereocenters. The van der Waals surface area contributed by atoms with E-state index in [4.69, 9.17) is 14.2 Å². The van der Waals surface area contributed by atoms with E-state index in [0.717, 1.165) is 4.90 Å². The Morgan fingerprint density at radius 2 is 1.89 bits per heavy atom. The molecule has 2 N–H and O–H groups in total. The highest BCUT2D eigenvalue weighted by molar-refractivity contribution is 6.39. The number of methoxy groups -OCH3 is 1. The van der Waals surface area contributed by atoms with E-state index in [9.17, 15) is 19.5 Å². The fraction of sp³-hybridized carbons (Fsp3) is 0.105. The summed E-state index contributed by atoms with van der Waals surface area (Å²) < 4.78 is 15.4. The molecule has 0 radical (unpaired) electrons. The van der Waals surface area contributed by atoms with Gasteiger partial charge in [0.2, 0.25) is 6.79 Å². The Hall–Kier alpha value is -4.01. The lowest BCUT2D eigenvalue weighted by atomic mass is 10.1. The number of amides is 4. The molecular weight excluding hydrogens is 368 g/mol. The van der Waals surface area contributed by atoms with Gasteiger partial charge in [-0.1, -0.05) is 6.07 Å². The second kappa shape index (κ2) is 6.62. The molecule has 2 aliphatic rings. The van der Waals surface area contributed by atoms with E-state index in [1.807, 2.05) is 0 Å². The van der Waals surface area contributed by atoms with Crippen molar-refractivity contribution in [2.24, 2.45) is 0 Å². The van der Waals surface area contributed by atoms with Crippen molar-refractivity contribution in [3.05, 3.63) is 47.5 Å². The molecule has 2 aromatic carbocycles. The molecule has 0 spiro atoms. The van der Waals surface area contributed by atoms with Crippen molar-refractivity contribution in [2.45, 2.75) is 0 Å². The van der Waals surface area contributed by atoms with E-state index >= 15 is 0 Å². The van der Waals surface area contributed by atoms with E-state index in [0.29, 0.717) is 17.1 Å². The van der Waals surface area contributed by atoms with Gasteiger partial charge in [0.15, 0.2) is 23.0 Å². The van der Waals surface area contributed by atoms with E-state index in [2.05, 4.69) is 5.32 Å². The van der Waals surface area contributed by atoms with Gasteiger partial charge in [0.05, 0.1) is 12.8 Å². The third-order valence-electron chi connectivity index (χ3n) is 4.23. The number of nitrogens with zero attached hydrogens (tertiary/aromatic N) is 1. The number of fused-ring (bicyclic) bond motifs is 1. The maximum absolute atomic E-state index is 12.9. The largest absolute Gasteiger partial charge is 0.504 e. The first-order valence-electron chi connectivity index (χ1n) is 8.16. The van der Waals surface area contributed by atoms with Gasteiger partial charge in [0, 0.05) is 6.07 Å². The fourth-order valence-corrected chi connectivity index (χ4v) is 2.88. The summed E-state index contributed by atoms with van der Waals surface area (Å²) in [5.41, 5.74) is 0.348. The van der Waals surface area contributed by atoms with Crippen molar-refractivity contribution >= 4 is 29.6 Å². The van der Waals surface area contributed by atoms with Gasteiger partial charge in [0.1, 0.15) is 5.57 Å². The third kappa shape index (κ3) is 2.88. The number of phenolic OH excluding ortho intramolecular Hbond substituents is 1. The topological polar surface area (TPSA) is 114 Å². The quantitative estimate of drug-likeness (QED) is 0.614. The monoisotopic (exact) mass is 382 g/mol. The molecule has 28 heavy (non-hydrogen) atoms. The Bertz CT molecular complexity index is 1040. The van der Waals surface area contributed by atoms with Crippen LogP contribution in [0, 0.1) is 0 Å². The van der Waals surface area contributed by atoms with Crippen LogP contribution < -0.4 is 24.4 Å². The average molecular weight is 382 g/mol. The fourth-order valence-electron chi connectivity index (χ4n) is 2.88. The number of aromatic hydroxyl groups is 1. The lowest BCUT2D eigenvalue weighted by molar-refractivity contribution is -0.122. The van der Waals surface area contributed by atoms with Crippen molar-refractivity contribution in [1.82, 2.24) is 5.32 Å². The van der Waals surface area contributed by atoms with Gasteiger partial charge >= 0.3 is 6.03 Å². The number of urea groups is 1. The zero-order valence-electron chi connectivity index (χ0n) is 14.6. The number of nitrogens with one attached hydrogen (secondary N) is 1. The molecule has 4 amide bonds. The zero-order chi connectivity index (χ0) is 19.8. The first-order chi connectivity index (χ1) is 13.5. The van der Waals surface area contributed by atoms with Crippen LogP contribution in [0.15, 0.2) is 42.0 Å². The molecule has 142 valence electrons. The number of phenols is 1. The molecule has 4 rings (SSSR count). The van der Waals surface area contributed by atoms with E-state index in [1.165, 1.54) is 37.5 Å². The molecule has 1 saturated heterocycles. The minimum Gasteiger partial charge on any atom is -0.504 e. The first-order valence-corrected chi connectivity index (χ1v) is 8.16. The Balaban J connectivity index is 1.71. The summed E-state index contributed by atoms with van der Waals surface area (Å²) in [6.07, 6.45) is 1.28. The van der Waals surface area contributed by atoms with Crippen LogP contribution in [0.3, 0.4) is 0 Å². The van der Waals surface area contributed by atoms with Crippen LogP contribution in [0.4, 0.5) is 10.5 Å². The van der Waals surface area contributed by atoms with Gasteiger partial charge in [0.25, 0.3) is 11.8 Å². The molecule has 2 aromatic rings. The van der Waals surface area contributed by atoms with Crippen LogP contribution in [0.1, 0.15) is 5.56 Å². The molecular formula is C19H14N2O7. The lowest BCUT2D eigenvalue weighted by Crippen LogP contribution is -2.54. The second-order valence-electron chi connectivity index (χ2n) is 5.93. The molecule has 0 saturated carbocycles. The standard InChI is InChI=1S/C19H14N2O7/c1-26-14-4-2-10(7-13(14)22)6-12-17(23)20-19(25)21(18(12)24)11-3-5-15-16(8-11)28-9-27-15/h2-8,22H,9H2,1H3,(H,20,23,25). The Labute approximate surface area is 158 Å². The van der Waals surface area contributed by atoms with Crippen molar-refractivity contribution in [3.8, 4) is 23.0 Å². The average Bonchev–Trinajstić information content (AvgIpc) is 3.13. The van der Waals surface area contributed by atoms with Crippen LogP contribution in [-0.2, 0) is 9.59 Å². The molecule has 0 aromatic heterocycles. The molecule has 1 fully saturated rings. The van der Waals surface area contributed by atoms with E-state index < -0.39 is 17.8 Å². The number of hydrogen-bond acceptors (Lipinski definition) is 7. The summed E-state index contributed by atoms with van der Waals surface area (Å²) in [6.45, 7) is 0.0452. The van der Waals surface area contributed by atoms with Gasteiger partial charge in [-0.3, -0.25) is 14.9 Å². The molecule has 9 nitrogen and oxygen atoms in total.